The average molecular weight is 189 g/mol. The molecule has 1 N–H and O–H groups in total. The number of benzene rings is 1. The maximum atomic E-state index is 3.40. The Labute approximate surface area is 86.5 Å². The normalized spacial score (nSPS) is 36.5. The highest BCUT2D eigenvalue weighted by molar-refractivity contribution is 5.25. The second-order valence-electron chi connectivity index (χ2n) is 4.47. The molecule has 1 heteroatoms. The summed E-state index contributed by atoms with van der Waals surface area (Å²) in [5.41, 5.74) is 1.50. The second kappa shape index (κ2) is 3.74. The minimum atomic E-state index is 0.695. The predicted octanol–water partition coefficient (Wildman–Crippen LogP) is 2.64. The van der Waals surface area contributed by atoms with E-state index < -0.39 is 0 Å². The van der Waals surface area contributed by atoms with Crippen molar-refractivity contribution >= 4 is 0 Å². The lowest BCUT2D eigenvalue weighted by molar-refractivity contribution is 0.103. The van der Waals surface area contributed by atoms with E-state index in [-0.39, 0.29) is 0 Å². The average Bonchev–Trinajstić information content (AvgIpc) is 2.20. The van der Waals surface area contributed by atoms with E-state index >= 15 is 0 Å². The molecule has 0 heterocycles. The third kappa shape index (κ3) is 1.36. The molecule has 1 nitrogen and oxygen atoms in total. The Morgan fingerprint density at radius 2 is 1.57 bits per heavy atom. The van der Waals surface area contributed by atoms with Crippen LogP contribution >= 0.6 is 0 Å². The van der Waals surface area contributed by atoms with Crippen LogP contribution in [0.15, 0.2) is 30.3 Å². The molecule has 2 unspecified atom stereocenters. The van der Waals surface area contributed by atoms with Gasteiger partial charge in [0.05, 0.1) is 0 Å². The lowest BCUT2D eigenvalue weighted by Crippen LogP contribution is -2.53. The van der Waals surface area contributed by atoms with Gasteiger partial charge in [-0.2, -0.15) is 0 Å². The summed E-state index contributed by atoms with van der Waals surface area (Å²) in [6.45, 7) is 4.69. The maximum absolute atomic E-state index is 3.40. The summed E-state index contributed by atoms with van der Waals surface area (Å²) in [4.78, 5) is 0. The Morgan fingerprint density at radius 3 is 2.07 bits per heavy atom. The molecule has 14 heavy (non-hydrogen) atoms. The van der Waals surface area contributed by atoms with Gasteiger partial charge < -0.3 is 5.32 Å². The standard InChI is InChI=1S/C13H19N/c1-9-12(10(2)13(9)14-3)11-7-5-4-6-8-11/h4-10,12-14H,1-3H3. The summed E-state index contributed by atoms with van der Waals surface area (Å²) in [5.74, 6) is 2.27. The van der Waals surface area contributed by atoms with Crippen LogP contribution in [0.25, 0.3) is 0 Å². The molecule has 2 rings (SSSR count). The zero-order valence-corrected chi connectivity index (χ0v) is 9.20. The predicted molar refractivity (Wildman–Crippen MR) is 60.4 cm³/mol. The Balaban J connectivity index is 2.15. The Morgan fingerprint density at radius 1 is 1.00 bits per heavy atom. The molecule has 76 valence electrons. The van der Waals surface area contributed by atoms with E-state index in [1.54, 1.807) is 0 Å². The van der Waals surface area contributed by atoms with Crippen LogP contribution in [0.2, 0.25) is 0 Å². The van der Waals surface area contributed by atoms with Gasteiger partial charge in [0, 0.05) is 6.04 Å². The third-order valence-electron chi connectivity index (χ3n) is 3.78. The minimum Gasteiger partial charge on any atom is -0.316 e. The van der Waals surface area contributed by atoms with Gasteiger partial charge in [-0.05, 0) is 30.4 Å². The van der Waals surface area contributed by atoms with Crippen molar-refractivity contribution in [3.63, 3.8) is 0 Å². The summed E-state index contributed by atoms with van der Waals surface area (Å²) in [5, 5.41) is 3.40. The van der Waals surface area contributed by atoms with Crippen LogP contribution in [0, 0.1) is 11.8 Å². The van der Waals surface area contributed by atoms with Crippen LogP contribution in [0.1, 0.15) is 25.3 Å². The van der Waals surface area contributed by atoms with E-state index in [1.807, 2.05) is 0 Å². The van der Waals surface area contributed by atoms with Crippen molar-refractivity contribution in [2.45, 2.75) is 25.8 Å². The van der Waals surface area contributed by atoms with E-state index in [0.717, 1.165) is 17.8 Å². The first kappa shape index (κ1) is 9.72. The molecule has 1 fully saturated rings. The van der Waals surface area contributed by atoms with E-state index in [0.29, 0.717) is 6.04 Å². The molecule has 1 aliphatic carbocycles. The fourth-order valence-corrected chi connectivity index (χ4v) is 3.07. The highest BCUT2D eigenvalue weighted by Gasteiger charge is 2.44. The van der Waals surface area contributed by atoms with E-state index in [9.17, 15) is 0 Å². The van der Waals surface area contributed by atoms with Gasteiger partial charge in [-0.25, -0.2) is 0 Å². The lowest BCUT2D eigenvalue weighted by atomic mass is 9.60. The van der Waals surface area contributed by atoms with Crippen LogP contribution in [0.4, 0.5) is 0 Å². The number of hydrogen-bond donors (Lipinski definition) is 1. The number of rotatable bonds is 2. The molecule has 1 saturated carbocycles. The number of nitrogens with one attached hydrogen (secondary N) is 1. The van der Waals surface area contributed by atoms with Crippen molar-refractivity contribution < 1.29 is 0 Å². The van der Waals surface area contributed by atoms with Crippen molar-refractivity contribution in [2.75, 3.05) is 7.05 Å². The monoisotopic (exact) mass is 189 g/mol. The van der Waals surface area contributed by atoms with Crippen LogP contribution in [0.5, 0.6) is 0 Å². The van der Waals surface area contributed by atoms with Gasteiger partial charge in [-0.3, -0.25) is 0 Å². The smallest absolute Gasteiger partial charge is 0.0127 e. The maximum Gasteiger partial charge on any atom is 0.0127 e. The fourth-order valence-electron chi connectivity index (χ4n) is 3.07. The van der Waals surface area contributed by atoms with E-state index in [2.05, 4.69) is 56.5 Å². The van der Waals surface area contributed by atoms with Crippen molar-refractivity contribution in [1.29, 1.82) is 0 Å². The molecular weight excluding hydrogens is 170 g/mol. The molecule has 2 atom stereocenters. The summed E-state index contributed by atoms with van der Waals surface area (Å²) < 4.78 is 0. The van der Waals surface area contributed by atoms with Crippen LogP contribution in [0.3, 0.4) is 0 Å². The highest BCUT2D eigenvalue weighted by atomic mass is 14.9. The molecule has 0 spiro atoms. The zero-order chi connectivity index (χ0) is 10.1. The molecule has 0 aliphatic heterocycles. The van der Waals surface area contributed by atoms with Gasteiger partial charge in [0.1, 0.15) is 0 Å². The largest absolute Gasteiger partial charge is 0.316 e. The Hall–Kier alpha value is -0.820. The first-order valence-corrected chi connectivity index (χ1v) is 5.48. The second-order valence-corrected chi connectivity index (χ2v) is 4.47. The molecule has 0 amide bonds. The molecule has 1 aromatic carbocycles. The zero-order valence-electron chi connectivity index (χ0n) is 9.20. The molecule has 1 aliphatic rings. The van der Waals surface area contributed by atoms with Crippen molar-refractivity contribution in [3.05, 3.63) is 35.9 Å². The molecule has 0 bridgehead atoms. The molecule has 1 aromatic rings. The van der Waals surface area contributed by atoms with Gasteiger partial charge in [0.15, 0.2) is 0 Å². The first-order chi connectivity index (χ1) is 6.75. The Bertz CT molecular complexity index is 283. The third-order valence-corrected chi connectivity index (χ3v) is 3.78. The highest BCUT2D eigenvalue weighted by Crippen LogP contribution is 2.46. The summed E-state index contributed by atoms with van der Waals surface area (Å²) >= 11 is 0. The van der Waals surface area contributed by atoms with Crippen LogP contribution in [-0.2, 0) is 0 Å². The van der Waals surface area contributed by atoms with E-state index in [4.69, 9.17) is 0 Å². The fraction of sp³-hybridized carbons (Fsp3) is 0.538. The van der Waals surface area contributed by atoms with Crippen molar-refractivity contribution in [2.24, 2.45) is 11.8 Å². The van der Waals surface area contributed by atoms with Gasteiger partial charge in [-0.15, -0.1) is 0 Å². The quantitative estimate of drug-likeness (QED) is 0.754. The summed E-state index contributed by atoms with van der Waals surface area (Å²) in [6.07, 6.45) is 0. The topological polar surface area (TPSA) is 12.0 Å². The van der Waals surface area contributed by atoms with Gasteiger partial charge in [-0.1, -0.05) is 44.2 Å². The summed E-state index contributed by atoms with van der Waals surface area (Å²) in [6, 6.07) is 11.6. The summed E-state index contributed by atoms with van der Waals surface area (Å²) in [7, 11) is 2.07. The molecular formula is C13H19N. The van der Waals surface area contributed by atoms with Crippen molar-refractivity contribution in [3.8, 4) is 0 Å². The van der Waals surface area contributed by atoms with Gasteiger partial charge in [0.25, 0.3) is 0 Å². The molecule has 0 saturated heterocycles. The SMILES string of the molecule is CNC1C(C)C(c2ccccc2)C1C. The lowest BCUT2D eigenvalue weighted by Gasteiger charge is -2.49. The van der Waals surface area contributed by atoms with E-state index in [1.165, 1.54) is 5.56 Å². The first-order valence-electron chi connectivity index (χ1n) is 5.48. The van der Waals surface area contributed by atoms with Gasteiger partial charge >= 0.3 is 0 Å². The van der Waals surface area contributed by atoms with Crippen LogP contribution < -0.4 is 5.32 Å². The molecule has 0 aromatic heterocycles. The Kier molecular flexibility index (Phi) is 2.60. The van der Waals surface area contributed by atoms with Crippen molar-refractivity contribution in [1.82, 2.24) is 5.32 Å². The molecule has 0 radical (unpaired) electrons. The van der Waals surface area contributed by atoms with Crippen LogP contribution in [-0.4, -0.2) is 13.1 Å². The minimum absolute atomic E-state index is 0.695. The number of hydrogen-bond acceptors (Lipinski definition) is 1. The van der Waals surface area contributed by atoms with Gasteiger partial charge in [0.2, 0.25) is 0 Å².